The van der Waals surface area contributed by atoms with Crippen molar-refractivity contribution < 1.29 is 22.3 Å². The molecule has 0 fully saturated rings. The van der Waals surface area contributed by atoms with E-state index in [2.05, 4.69) is 4.72 Å². The van der Waals surface area contributed by atoms with Crippen molar-refractivity contribution in [2.24, 2.45) is 0 Å². The summed E-state index contributed by atoms with van der Waals surface area (Å²) in [5, 5.41) is 0.115. The highest BCUT2D eigenvalue weighted by molar-refractivity contribution is 7.92. The molecular formula is C15H15ClFNO4S. The molecule has 0 radical (unpaired) electrons. The molecule has 0 atom stereocenters. The molecule has 5 nitrogen and oxygen atoms in total. The SMILES string of the molecule is CCOc1ccc(NS(=O)(=O)c2ccc(Cl)cc2F)cc1OC. The van der Waals surface area contributed by atoms with Crippen molar-refractivity contribution in [2.75, 3.05) is 18.4 Å². The molecule has 0 saturated carbocycles. The Morgan fingerprint density at radius 1 is 1.17 bits per heavy atom. The number of ether oxygens (including phenoxy) is 2. The van der Waals surface area contributed by atoms with E-state index in [4.69, 9.17) is 21.1 Å². The van der Waals surface area contributed by atoms with Gasteiger partial charge in [0.1, 0.15) is 10.7 Å². The molecule has 0 aliphatic rings. The van der Waals surface area contributed by atoms with Crippen LogP contribution >= 0.6 is 11.6 Å². The van der Waals surface area contributed by atoms with E-state index in [9.17, 15) is 12.8 Å². The van der Waals surface area contributed by atoms with Crippen LogP contribution in [-0.4, -0.2) is 22.1 Å². The molecule has 0 bridgehead atoms. The normalized spacial score (nSPS) is 11.1. The lowest BCUT2D eigenvalue weighted by Gasteiger charge is -2.13. The molecule has 8 heteroatoms. The average molecular weight is 360 g/mol. The Hall–Kier alpha value is -1.99. The molecule has 2 rings (SSSR count). The van der Waals surface area contributed by atoms with Gasteiger partial charge >= 0.3 is 0 Å². The van der Waals surface area contributed by atoms with Gasteiger partial charge < -0.3 is 9.47 Å². The van der Waals surface area contributed by atoms with Crippen LogP contribution in [0.25, 0.3) is 0 Å². The highest BCUT2D eigenvalue weighted by atomic mass is 35.5. The van der Waals surface area contributed by atoms with Gasteiger partial charge in [-0.3, -0.25) is 4.72 Å². The second-order valence-corrected chi connectivity index (χ2v) is 6.57. The summed E-state index contributed by atoms with van der Waals surface area (Å²) in [6.45, 7) is 2.26. The maximum atomic E-state index is 13.8. The number of benzene rings is 2. The first kappa shape index (κ1) is 17.4. The fraction of sp³-hybridized carbons (Fsp3) is 0.200. The standard InChI is InChI=1S/C15H15ClFNO4S/c1-3-22-13-6-5-11(9-14(13)21-2)18-23(19,20)15-7-4-10(16)8-12(15)17/h4-9,18H,3H2,1-2H3. The number of rotatable bonds is 6. The molecule has 0 aliphatic carbocycles. The van der Waals surface area contributed by atoms with Crippen molar-refractivity contribution in [3.05, 3.63) is 47.2 Å². The topological polar surface area (TPSA) is 64.6 Å². The lowest BCUT2D eigenvalue weighted by Crippen LogP contribution is -2.14. The third kappa shape index (κ3) is 4.05. The van der Waals surface area contributed by atoms with E-state index in [1.807, 2.05) is 6.92 Å². The molecule has 0 heterocycles. The highest BCUT2D eigenvalue weighted by Gasteiger charge is 2.20. The van der Waals surface area contributed by atoms with Crippen molar-refractivity contribution in [3.63, 3.8) is 0 Å². The van der Waals surface area contributed by atoms with Gasteiger partial charge in [0.2, 0.25) is 0 Å². The van der Waals surface area contributed by atoms with Crippen LogP contribution in [0.15, 0.2) is 41.3 Å². The van der Waals surface area contributed by atoms with Crippen molar-refractivity contribution in [3.8, 4) is 11.5 Å². The Balaban J connectivity index is 2.33. The predicted octanol–water partition coefficient (Wildman–Crippen LogP) is 3.69. The van der Waals surface area contributed by atoms with Crippen LogP contribution in [-0.2, 0) is 10.0 Å². The lowest BCUT2D eigenvalue weighted by molar-refractivity contribution is 0.311. The monoisotopic (exact) mass is 359 g/mol. The maximum absolute atomic E-state index is 13.8. The number of anilines is 1. The molecule has 0 amide bonds. The van der Waals surface area contributed by atoms with Crippen LogP contribution in [0.2, 0.25) is 5.02 Å². The molecule has 0 aromatic heterocycles. The van der Waals surface area contributed by atoms with Gasteiger partial charge in [-0.05, 0) is 37.3 Å². The summed E-state index contributed by atoms with van der Waals surface area (Å²) in [4.78, 5) is -0.491. The lowest BCUT2D eigenvalue weighted by atomic mass is 10.3. The van der Waals surface area contributed by atoms with Crippen molar-refractivity contribution in [1.29, 1.82) is 0 Å². The highest BCUT2D eigenvalue weighted by Crippen LogP contribution is 2.31. The molecule has 0 spiro atoms. The van der Waals surface area contributed by atoms with Gasteiger partial charge in [-0.1, -0.05) is 11.6 Å². The zero-order chi connectivity index (χ0) is 17.0. The summed E-state index contributed by atoms with van der Waals surface area (Å²) in [5.41, 5.74) is 0.222. The average Bonchev–Trinajstić information content (AvgIpc) is 2.48. The minimum absolute atomic E-state index is 0.115. The van der Waals surface area contributed by atoms with Crippen LogP contribution in [0.1, 0.15) is 6.92 Å². The first-order valence-corrected chi connectivity index (χ1v) is 8.52. The largest absolute Gasteiger partial charge is 0.493 e. The number of nitrogens with one attached hydrogen (secondary N) is 1. The van der Waals surface area contributed by atoms with E-state index < -0.39 is 20.7 Å². The molecule has 23 heavy (non-hydrogen) atoms. The number of hydrogen-bond donors (Lipinski definition) is 1. The molecule has 2 aromatic carbocycles. The van der Waals surface area contributed by atoms with Crippen LogP contribution in [0.5, 0.6) is 11.5 Å². The summed E-state index contributed by atoms with van der Waals surface area (Å²) >= 11 is 5.63. The third-order valence-electron chi connectivity index (χ3n) is 2.90. The molecule has 124 valence electrons. The molecule has 2 aromatic rings. The fourth-order valence-corrected chi connectivity index (χ4v) is 3.18. The summed E-state index contributed by atoms with van der Waals surface area (Å²) in [5.74, 6) is -0.0813. The van der Waals surface area contributed by atoms with Gasteiger partial charge in [-0.25, -0.2) is 12.8 Å². The van der Waals surface area contributed by atoms with Crippen molar-refractivity contribution >= 4 is 27.3 Å². The van der Waals surface area contributed by atoms with Gasteiger partial charge in [0, 0.05) is 11.1 Å². The molecule has 0 unspecified atom stereocenters. The fourth-order valence-electron chi connectivity index (χ4n) is 1.91. The smallest absolute Gasteiger partial charge is 0.264 e. The van der Waals surface area contributed by atoms with E-state index in [-0.39, 0.29) is 10.7 Å². The van der Waals surface area contributed by atoms with E-state index >= 15 is 0 Å². The molecule has 1 N–H and O–H groups in total. The van der Waals surface area contributed by atoms with Crippen molar-refractivity contribution in [1.82, 2.24) is 0 Å². The van der Waals surface area contributed by atoms with Crippen LogP contribution in [0.3, 0.4) is 0 Å². The van der Waals surface area contributed by atoms with E-state index in [0.29, 0.717) is 18.1 Å². The summed E-state index contributed by atoms with van der Waals surface area (Å²) < 4.78 is 51.2. The quantitative estimate of drug-likeness (QED) is 0.854. The summed E-state index contributed by atoms with van der Waals surface area (Å²) in [7, 11) is -2.65. The Kier molecular flexibility index (Phi) is 5.33. The van der Waals surface area contributed by atoms with Crippen LogP contribution in [0, 0.1) is 5.82 Å². The van der Waals surface area contributed by atoms with Gasteiger partial charge in [0.25, 0.3) is 10.0 Å². The van der Waals surface area contributed by atoms with E-state index in [1.54, 1.807) is 6.07 Å². The van der Waals surface area contributed by atoms with Gasteiger partial charge in [0.15, 0.2) is 11.5 Å². The van der Waals surface area contributed by atoms with Gasteiger partial charge in [-0.15, -0.1) is 0 Å². The number of methoxy groups -OCH3 is 1. The number of halogens is 2. The first-order valence-electron chi connectivity index (χ1n) is 6.66. The first-order chi connectivity index (χ1) is 10.9. The van der Waals surface area contributed by atoms with Crippen LogP contribution < -0.4 is 14.2 Å². The van der Waals surface area contributed by atoms with E-state index in [1.165, 1.54) is 25.3 Å². The summed E-state index contributed by atoms with van der Waals surface area (Å²) in [6.07, 6.45) is 0. The second-order valence-electron chi connectivity index (χ2n) is 4.48. The Morgan fingerprint density at radius 2 is 1.91 bits per heavy atom. The second kappa shape index (κ2) is 7.06. The molecule has 0 aliphatic heterocycles. The van der Waals surface area contributed by atoms with Crippen LogP contribution in [0.4, 0.5) is 10.1 Å². The Bertz CT molecular complexity index is 811. The third-order valence-corrected chi connectivity index (χ3v) is 4.55. The Morgan fingerprint density at radius 3 is 2.52 bits per heavy atom. The zero-order valence-electron chi connectivity index (χ0n) is 12.5. The van der Waals surface area contributed by atoms with E-state index in [0.717, 1.165) is 12.1 Å². The van der Waals surface area contributed by atoms with Crippen molar-refractivity contribution in [2.45, 2.75) is 11.8 Å². The zero-order valence-corrected chi connectivity index (χ0v) is 14.0. The number of sulfonamides is 1. The minimum atomic E-state index is -4.09. The maximum Gasteiger partial charge on any atom is 0.264 e. The molecular weight excluding hydrogens is 345 g/mol. The minimum Gasteiger partial charge on any atom is -0.493 e. The predicted molar refractivity (Wildman–Crippen MR) is 86.4 cm³/mol. The summed E-state index contributed by atoms with van der Waals surface area (Å²) in [6, 6.07) is 7.87. The molecule has 0 saturated heterocycles. The number of hydrogen-bond acceptors (Lipinski definition) is 4. The van der Waals surface area contributed by atoms with Gasteiger partial charge in [0.05, 0.1) is 19.4 Å². The van der Waals surface area contributed by atoms with Gasteiger partial charge in [-0.2, -0.15) is 0 Å². The Labute approximate surface area is 139 Å².